The maximum absolute atomic E-state index is 11.7. The molecule has 0 aromatic rings. The van der Waals surface area contributed by atoms with Crippen LogP contribution >= 0.6 is 0 Å². The zero-order valence-electron chi connectivity index (χ0n) is 8.79. The third-order valence-corrected chi connectivity index (χ3v) is 3.14. The van der Waals surface area contributed by atoms with Crippen molar-refractivity contribution < 1.29 is 9.53 Å². The van der Waals surface area contributed by atoms with Crippen LogP contribution in [0, 0.1) is 5.41 Å². The summed E-state index contributed by atoms with van der Waals surface area (Å²) in [7, 11) is 1.45. The number of hydrogen-bond acceptors (Lipinski definition) is 3. The van der Waals surface area contributed by atoms with E-state index in [9.17, 15) is 4.79 Å². The Morgan fingerprint density at radius 2 is 2.21 bits per heavy atom. The second kappa shape index (κ2) is 4.60. The first-order valence-corrected chi connectivity index (χ1v) is 5.09. The zero-order chi connectivity index (χ0) is 10.6. The van der Waals surface area contributed by atoms with Crippen molar-refractivity contribution in [2.45, 2.75) is 38.1 Å². The molecule has 1 rings (SSSR count). The van der Waals surface area contributed by atoms with Crippen LogP contribution in [-0.4, -0.2) is 19.1 Å². The molecule has 0 heterocycles. The van der Waals surface area contributed by atoms with Crippen LogP contribution in [0.3, 0.4) is 0 Å². The molecule has 1 aliphatic carbocycles. The van der Waals surface area contributed by atoms with Gasteiger partial charge in [0.25, 0.3) is 0 Å². The quantitative estimate of drug-likeness (QED) is 0.552. The maximum Gasteiger partial charge on any atom is 0.312 e. The van der Waals surface area contributed by atoms with Gasteiger partial charge in [-0.2, -0.15) is 0 Å². The van der Waals surface area contributed by atoms with Crippen molar-refractivity contribution in [3.8, 4) is 0 Å². The van der Waals surface area contributed by atoms with E-state index in [4.69, 9.17) is 10.5 Å². The van der Waals surface area contributed by atoms with Crippen molar-refractivity contribution in [3.05, 3.63) is 12.7 Å². The molecule has 1 fully saturated rings. The number of rotatable bonds is 3. The molecule has 0 saturated heterocycles. The van der Waals surface area contributed by atoms with Crippen LogP contribution in [0.5, 0.6) is 0 Å². The molecule has 0 radical (unpaired) electrons. The van der Waals surface area contributed by atoms with Crippen molar-refractivity contribution in [2.24, 2.45) is 11.1 Å². The number of carbonyl (C=O) groups is 1. The molecule has 0 bridgehead atoms. The summed E-state index contributed by atoms with van der Waals surface area (Å²) in [5, 5.41) is 0. The maximum atomic E-state index is 11.7. The Bertz CT molecular complexity index is 217. The molecule has 3 nitrogen and oxygen atoms in total. The van der Waals surface area contributed by atoms with Gasteiger partial charge in [0.15, 0.2) is 0 Å². The van der Waals surface area contributed by atoms with E-state index in [1.54, 1.807) is 6.08 Å². The average Bonchev–Trinajstić information content (AvgIpc) is 2.21. The van der Waals surface area contributed by atoms with E-state index in [2.05, 4.69) is 6.58 Å². The lowest BCUT2D eigenvalue weighted by molar-refractivity contribution is -0.154. The van der Waals surface area contributed by atoms with Crippen LogP contribution in [0.1, 0.15) is 32.1 Å². The lowest BCUT2D eigenvalue weighted by Crippen LogP contribution is -2.39. The smallest absolute Gasteiger partial charge is 0.312 e. The number of hydrogen-bond donors (Lipinski definition) is 1. The van der Waals surface area contributed by atoms with Crippen LogP contribution in [0.25, 0.3) is 0 Å². The number of ether oxygens (including phenoxy) is 1. The second-order valence-electron chi connectivity index (χ2n) is 4.10. The molecule has 0 atom stereocenters. The normalized spacial score (nSPS) is 32.3. The molecule has 0 unspecified atom stereocenters. The third kappa shape index (κ3) is 2.15. The summed E-state index contributed by atoms with van der Waals surface area (Å²) < 4.78 is 4.85. The van der Waals surface area contributed by atoms with Crippen molar-refractivity contribution in [2.75, 3.05) is 7.11 Å². The van der Waals surface area contributed by atoms with E-state index in [0.29, 0.717) is 6.42 Å². The predicted molar refractivity (Wildman–Crippen MR) is 55.7 cm³/mol. The molecular weight excluding hydrogens is 178 g/mol. The first-order chi connectivity index (χ1) is 6.64. The van der Waals surface area contributed by atoms with Gasteiger partial charge in [0.05, 0.1) is 12.5 Å². The van der Waals surface area contributed by atoms with E-state index in [1.165, 1.54) is 7.11 Å². The zero-order valence-corrected chi connectivity index (χ0v) is 8.79. The fourth-order valence-corrected chi connectivity index (χ4v) is 2.18. The summed E-state index contributed by atoms with van der Waals surface area (Å²) in [5.41, 5.74) is 5.47. The summed E-state index contributed by atoms with van der Waals surface area (Å²) >= 11 is 0. The highest BCUT2D eigenvalue weighted by molar-refractivity contribution is 5.77. The standard InChI is InChI=1S/C11H19NO2/c1-3-6-11(10(13)14-2)7-4-9(12)5-8-11/h3,9H,1,4-8,12H2,2H3. The van der Waals surface area contributed by atoms with Crippen LogP contribution < -0.4 is 5.73 Å². The first-order valence-electron chi connectivity index (χ1n) is 5.09. The Morgan fingerprint density at radius 1 is 1.64 bits per heavy atom. The van der Waals surface area contributed by atoms with Gasteiger partial charge in [-0.3, -0.25) is 4.79 Å². The van der Waals surface area contributed by atoms with Gasteiger partial charge in [0.1, 0.15) is 0 Å². The molecule has 3 heteroatoms. The number of carbonyl (C=O) groups excluding carboxylic acids is 1. The highest BCUT2D eigenvalue weighted by atomic mass is 16.5. The summed E-state index contributed by atoms with van der Waals surface area (Å²) in [6.07, 6.45) is 5.96. The van der Waals surface area contributed by atoms with E-state index in [1.807, 2.05) is 0 Å². The molecule has 0 amide bonds. The van der Waals surface area contributed by atoms with E-state index in [-0.39, 0.29) is 17.4 Å². The predicted octanol–water partition coefficient (Wildman–Crippen LogP) is 1.62. The van der Waals surface area contributed by atoms with Gasteiger partial charge < -0.3 is 10.5 Å². The van der Waals surface area contributed by atoms with Crippen LogP contribution in [0.4, 0.5) is 0 Å². The topological polar surface area (TPSA) is 52.3 Å². The summed E-state index contributed by atoms with van der Waals surface area (Å²) in [6.45, 7) is 3.70. The summed E-state index contributed by atoms with van der Waals surface area (Å²) in [6, 6.07) is 0.248. The Kier molecular flexibility index (Phi) is 3.69. The first kappa shape index (κ1) is 11.2. The SMILES string of the molecule is C=CCC1(C(=O)OC)CCC(N)CC1. The average molecular weight is 197 g/mol. The minimum atomic E-state index is -0.341. The van der Waals surface area contributed by atoms with Gasteiger partial charge in [-0.05, 0) is 32.1 Å². The van der Waals surface area contributed by atoms with Crippen molar-refractivity contribution in [1.82, 2.24) is 0 Å². The van der Waals surface area contributed by atoms with E-state index < -0.39 is 0 Å². The van der Waals surface area contributed by atoms with Gasteiger partial charge in [-0.1, -0.05) is 6.08 Å². The van der Waals surface area contributed by atoms with E-state index >= 15 is 0 Å². The highest BCUT2D eigenvalue weighted by Gasteiger charge is 2.40. The van der Waals surface area contributed by atoms with Crippen LogP contribution in [0.15, 0.2) is 12.7 Å². The van der Waals surface area contributed by atoms with Crippen molar-refractivity contribution >= 4 is 5.97 Å². The van der Waals surface area contributed by atoms with E-state index in [0.717, 1.165) is 25.7 Å². The highest BCUT2D eigenvalue weighted by Crippen LogP contribution is 2.40. The minimum absolute atomic E-state index is 0.107. The number of nitrogens with two attached hydrogens (primary N) is 1. The number of allylic oxidation sites excluding steroid dienone is 1. The molecule has 1 aliphatic rings. The minimum Gasteiger partial charge on any atom is -0.469 e. The molecule has 1 saturated carbocycles. The summed E-state index contributed by atoms with van der Waals surface area (Å²) in [5.74, 6) is -0.107. The van der Waals surface area contributed by atoms with Crippen LogP contribution in [-0.2, 0) is 9.53 Å². The van der Waals surface area contributed by atoms with Gasteiger partial charge in [0, 0.05) is 6.04 Å². The molecule has 14 heavy (non-hydrogen) atoms. The van der Waals surface area contributed by atoms with Gasteiger partial charge in [0.2, 0.25) is 0 Å². The molecular formula is C11H19NO2. The lowest BCUT2D eigenvalue weighted by atomic mass is 9.70. The Labute approximate surface area is 85.3 Å². The van der Waals surface area contributed by atoms with Gasteiger partial charge >= 0.3 is 5.97 Å². The molecule has 0 aromatic carbocycles. The molecule has 0 spiro atoms. The molecule has 2 N–H and O–H groups in total. The Balaban J connectivity index is 2.72. The van der Waals surface area contributed by atoms with Crippen molar-refractivity contribution in [3.63, 3.8) is 0 Å². The van der Waals surface area contributed by atoms with Crippen molar-refractivity contribution in [1.29, 1.82) is 0 Å². The van der Waals surface area contributed by atoms with Gasteiger partial charge in [-0.15, -0.1) is 6.58 Å². The molecule has 80 valence electrons. The third-order valence-electron chi connectivity index (χ3n) is 3.14. The molecule has 0 aliphatic heterocycles. The Morgan fingerprint density at radius 3 is 2.64 bits per heavy atom. The largest absolute Gasteiger partial charge is 0.469 e. The van der Waals surface area contributed by atoms with Crippen LogP contribution in [0.2, 0.25) is 0 Å². The fourth-order valence-electron chi connectivity index (χ4n) is 2.18. The Hall–Kier alpha value is -0.830. The summed E-state index contributed by atoms with van der Waals surface area (Å²) in [4.78, 5) is 11.7. The monoisotopic (exact) mass is 197 g/mol. The second-order valence-corrected chi connectivity index (χ2v) is 4.10. The fraction of sp³-hybridized carbons (Fsp3) is 0.727. The molecule has 0 aromatic heterocycles. The lowest BCUT2D eigenvalue weighted by Gasteiger charge is -2.35. The number of methoxy groups -OCH3 is 1. The number of esters is 1. The van der Waals surface area contributed by atoms with Gasteiger partial charge in [-0.25, -0.2) is 0 Å².